The molecule has 0 bridgehead atoms. The molecular formula is C16H24N2O2S. The van der Waals surface area contributed by atoms with Crippen LogP contribution in [0.3, 0.4) is 0 Å². The molecule has 0 aliphatic carbocycles. The molecule has 0 saturated carbocycles. The quantitative estimate of drug-likeness (QED) is 0.925. The summed E-state index contributed by atoms with van der Waals surface area (Å²) in [5.41, 5.74) is 1.47. The molecule has 1 atom stereocenters. The predicted molar refractivity (Wildman–Crippen MR) is 84.4 cm³/mol. The molecular weight excluding hydrogens is 284 g/mol. The lowest BCUT2D eigenvalue weighted by Crippen LogP contribution is -2.45. The van der Waals surface area contributed by atoms with Crippen LogP contribution in [0.15, 0.2) is 11.4 Å². The fraction of sp³-hybridized carbons (Fsp3) is 0.688. The maximum absolute atomic E-state index is 12.2. The number of carbonyl (C=O) groups excluding carboxylic acids is 1. The van der Waals surface area contributed by atoms with Gasteiger partial charge in [0.15, 0.2) is 0 Å². The molecule has 3 rings (SSSR count). The first-order chi connectivity index (χ1) is 10.2. The van der Waals surface area contributed by atoms with Gasteiger partial charge in [-0.1, -0.05) is 0 Å². The van der Waals surface area contributed by atoms with Crippen molar-refractivity contribution in [3.63, 3.8) is 0 Å². The number of thiophene rings is 1. The van der Waals surface area contributed by atoms with E-state index in [4.69, 9.17) is 4.74 Å². The highest BCUT2D eigenvalue weighted by Gasteiger charge is 2.24. The minimum Gasteiger partial charge on any atom is -0.381 e. The normalized spacial score (nSPS) is 21.8. The highest BCUT2D eigenvalue weighted by molar-refractivity contribution is 7.10. The van der Waals surface area contributed by atoms with Crippen molar-refractivity contribution in [1.82, 2.24) is 10.2 Å². The molecule has 2 aliphatic heterocycles. The summed E-state index contributed by atoms with van der Waals surface area (Å²) in [6, 6.07) is 2.63. The average Bonchev–Trinajstić information content (AvgIpc) is 3.00. The summed E-state index contributed by atoms with van der Waals surface area (Å²) >= 11 is 1.87. The Balaban J connectivity index is 1.46. The van der Waals surface area contributed by atoms with Gasteiger partial charge in [-0.05, 0) is 43.2 Å². The number of carbonyl (C=O) groups is 1. The molecule has 5 heteroatoms. The number of amides is 1. The lowest BCUT2D eigenvalue weighted by atomic mass is 9.99. The largest absolute Gasteiger partial charge is 0.381 e. The Labute approximate surface area is 130 Å². The summed E-state index contributed by atoms with van der Waals surface area (Å²) in [7, 11) is 0. The van der Waals surface area contributed by atoms with E-state index in [1.54, 1.807) is 0 Å². The molecule has 1 saturated heterocycles. The van der Waals surface area contributed by atoms with Gasteiger partial charge in [0.05, 0.1) is 0 Å². The minimum atomic E-state index is 0.149. The molecule has 2 aliphatic rings. The molecule has 116 valence electrons. The Morgan fingerprint density at radius 3 is 3.14 bits per heavy atom. The molecule has 1 unspecified atom stereocenters. The van der Waals surface area contributed by atoms with Gasteiger partial charge in [-0.2, -0.15) is 0 Å². The van der Waals surface area contributed by atoms with Crippen LogP contribution in [0.5, 0.6) is 0 Å². The van der Waals surface area contributed by atoms with Crippen LogP contribution in [0.4, 0.5) is 0 Å². The van der Waals surface area contributed by atoms with Gasteiger partial charge in [0.2, 0.25) is 5.91 Å². The second kappa shape index (κ2) is 6.90. The van der Waals surface area contributed by atoms with Crippen molar-refractivity contribution >= 4 is 17.2 Å². The monoisotopic (exact) mass is 308 g/mol. The van der Waals surface area contributed by atoms with Crippen LogP contribution in [0, 0.1) is 5.92 Å². The number of ether oxygens (including phenoxy) is 1. The molecule has 0 aromatic carbocycles. The third-order valence-corrected chi connectivity index (χ3v) is 5.65. The van der Waals surface area contributed by atoms with Gasteiger partial charge >= 0.3 is 0 Å². The Bertz CT molecular complexity index is 482. The molecule has 1 aromatic rings. The summed E-state index contributed by atoms with van der Waals surface area (Å²) in [6.45, 7) is 6.52. The summed E-state index contributed by atoms with van der Waals surface area (Å²) in [5.74, 6) is 0.356. The van der Waals surface area contributed by atoms with Crippen molar-refractivity contribution in [2.24, 2.45) is 5.92 Å². The number of hydrogen-bond donors (Lipinski definition) is 1. The van der Waals surface area contributed by atoms with Crippen LogP contribution in [0.25, 0.3) is 0 Å². The summed E-state index contributed by atoms with van der Waals surface area (Å²) in [4.78, 5) is 16.2. The minimum absolute atomic E-state index is 0.149. The van der Waals surface area contributed by atoms with Crippen molar-refractivity contribution in [2.45, 2.75) is 38.8 Å². The highest BCUT2D eigenvalue weighted by atomic mass is 32.1. The molecule has 1 fully saturated rings. The van der Waals surface area contributed by atoms with Crippen LogP contribution in [-0.4, -0.2) is 43.2 Å². The van der Waals surface area contributed by atoms with Crippen molar-refractivity contribution in [3.05, 3.63) is 21.9 Å². The fourth-order valence-electron chi connectivity index (χ4n) is 3.13. The predicted octanol–water partition coefficient (Wildman–Crippen LogP) is 2.04. The van der Waals surface area contributed by atoms with Gasteiger partial charge in [-0.3, -0.25) is 9.69 Å². The van der Waals surface area contributed by atoms with Crippen LogP contribution in [0.2, 0.25) is 0 Å². The van der Waals surface area contributed by atoms with Crippen molar-refractivity contribution in [2.75, 3.05) is 26.3 Å². The second-order valence-corrected chi connectivity index (χ2v) is 7.07. The van der Waals surface area contributed by atoms with Gasteiger partial charge in [0.25, 0.3) is 0 Å². The van der Waals surface area contributed by atoms with E-state index < -0.39 is 0 Å². The van der Waals surface area contributed by atoms with E-state index in [1.165, 1.54) is 10.4 Å². The Hall–Kier alpha value is -0.910. The molecule has 1 amide bonds. The summed E-state index contributed by atoms with van der Waals surface area (Å²) in [5, 5.41) is 5.32. The van der Waals surface area contributed by atoms with Crippen LogP contribution in [0.1, 0.15) is 30.2 Å². The lowest BCUT2D eigenvalue weighted by molar-refractivity contribution is -0.128. The third kappa shape index (κ3) is 3.65. The second-order valence-electron chi connectivity index (χ2n) is 6.07. The first-order valence-corrected chi connectivity index (χ1v) is 8.77. The number of fused-ring (bicyclic) bond motifs is 1. The van der Waals surface area contributed by atoms with E-state index in [2.05, 4.69) is 28.6 Å². The zero-order valence-corrected chi connectivity index (χ0v) is 13.5. The highest BCUT2D eigenvalue weighted by Crippen LogP contribution is 2.25. The van der Waals surface area contributed by atoms with Crippen molar-refractivity contribution in [3.8, 4) is 0 Å². The van der Waals surface area contributed by atoms with Crippen LogP contribution >= 0.6 is 11.3 Å². The first kappa shape index (κ1) is 15.0. The van der Waals surface area contributed by atoms with Gasteiger partial charge in [-0.15, -0.1) is 11.3 Å². The topological polar surface area (TPSA) is 41.6 Å². The van der Waals surface area contributed by atoms with E-state index >= 15 is 0 Å². The van der Waals surface area contributed by atoms with Gasteiger partial charge in [-0.25, -0.2) is 0 Å². The maximum Gasteiger partial charge on any atom is 0.223 e. The number of nitrogens with zero attached hydrogens (tertiary/aromatic N) is 1. The molecule has 1 N–H and O–H groups in total. The van der Waals surface area contributed by atoms with E-state index in [1.807, 2.05) is 11.3 Å². The van der Waals surface area contributed by atoms with Gasteiger partial charge < -0.3 is 10.1 Å². The van der Waals surface area contributed by atoms with Gasteiger partial charge in [0, 0.05) is 49.7 Å². The molecule has 21 heavy (non-hydrogen) atoms. The van der Waals surface area contributed by atoms with E-state index in [0.717, 1.165) is 52.1 Å². The average molecular weight is 308 g/mol. The van der Waals surface area contributed by atoms with Crippen LogP contribution in [-0.2, 0) is 22.5 Å². The Morgan fingerprint density at radius 1 is 1.52 bits per heavy atom. The van der Waals surface area contributed by atoms with Crippen molar-refractivity contribution in [1.29, 1.82) is 0 Å². The number of rotatable bonds is 4. The fourth-order valence-corrected chi connectivity index (χ4v) is 4.02. The van der Waals surface area contributed by atoms with Gasteiger partial charge in [0.1, 0.15) is 0 Å². The smallest absolute Gasteiger partial charge is 0.223 e. The number of hydrogen-bond acceptors (Lipinski definition) is 4. The van der Waals surface area contributed by atoms with E-state index in [0.29, 0.717) is 6.04 Å². The van der Waals surface area contributed by atoms with Crippen LogP contribution < -0.4 is 5.32 Å². The summed E-state index contributed by atoms with van der Waals surface area (Å²) < 4.78 is 5.31. The van der Waals surface area contributed by atoms with E-state index in [-0.39, 0.29) is 11.8 Å². The molecule has 3 heterocycles. The Kier molecular flexibility index (Phi) is 4.93. The van der Waals surface area contributed by atoms with Crippen molar-refractivity contribution < 1.29 is 9.53 Å². The first-order valence-electron chi connectivity index (χ1n) is 7.89. The molecule has 0 spiro atoms. The van der Waals surface area contributed by atoms with E-state index in [9.17, 15) is 4.79 Å². The maximum atomic E-state index is 12.2. The SMILES string of the molecule is CC(CNC(=O)C1CCOCC1)N1CCc2sccc2C1. The third-order valence-electron chi connectivity index (χ3n) is 4.62. The molecule has 0 radical (unpaired) electrons. The molecule has 4 nitrogen and oxygen atoms in total. The zero-order chi connectivity index (χ0) is 14.7. The molecule has 1 aromatic heterocycles. The zero-order valence-electron chi connectivity index (χ0n) is 12.6. The standard InChI is InChI=1S/C16H24N2O2S/c1-12(10-17-16(19)13-3-7-20-8-4-13)18-6-2-15-14(11-18)5-9-21-15/h5,9,12-13H,2-4,6-8,10-11H2,1H3,(H,17,19). The summed E-state index contributed by atoms with van der Waals surface area (Å²) in [6.07, 6.45) is 2.87. The Morgan fingerprint density at radius 2 is 2.33 bits per heavy atom. The lowest BCUT2D eigenvalue weighted by Gasteiger charge is -2.33. The number of nitrogens with one attached hydrogen (secondary N) is 1.